The van der Waals surface area contributed by atoms with Crippen LogP contribution in [-0.4, -0.2) is 41.9 Å². The molecule has 100 valence electrons. The van der Waals surface area contributed by atoms with E-state index in [2.05, 4.69) is 10.6 Å². The van der Waals surface area contributed by atoms with Gasteiger partial charge in [-0.15, -0.1) is 0 Å². The molecule has 0 fully saturated rings. The van der Waals surface area contributed by atoms with Crippen LogP contribution in [0.2, 0.25) is 0 Å². The van der Waals surface area contributed by atoms with E-state index < -0.39 is 17.7 Å². The van der Waals surface area contributed by atoms with Crippen LogP contribution in [0, 0.1) is 0 Å². The highest BCUT2D eigenvalue weighted by Crippen LogP contribution is 2.05. The molecule has 0 aromatic carbocycles. The van der Waals surface area contributed by atoms with Crippen molar-refractivity contribution in [3.05, 3.63) is 0 Å². The Bertz CT molecular complexity index is 261. The Kier molecular flexibility index (Phi) is 6.57. The number of carbonyl (C=O) groups is 2. The van der Waals surface area contributed by atoms with Gasteiger partial charge in [-0.1, -0.05) is 0 Å². The molecular weight excluding hydrogens is 224 g/mol. The number of aliphatic carboxylic acids is 1. The first kappa shape index (κ1) is 15.7. The standard InChI is InChI=1S/C11H22N2O4/c1-8(7-9(14)15)12-5-6-13-10(16)17-11(2,3)4/h8,12H,5-7H2,1-4H3,(H,13,16)(H,14,15). The predicted molar refractivity (Wildman–Crippen MR) is 64.0 cm³/mol. The average Bonchev–Trinajstić information content (AvgIpc) is 2.08. The number of ether oxygens (including phenoxy) is 1. The molecule has 1 amide bonds. The topological polar surface area (TPSA) is 87.7 Å². The van der Waals surface area contributed by atoms with E-state index in [1.165, 1.54) is 0 Å². The number of amides is 1. The Morgan fingerprint density at radius 2 is 1.88 bits per heavy atom. The quantitative estimate of drug-likeness (QED) is 0.608. The highest BCUT2D eigenvalue weighted by molar-refractivity contribution is 5.68. The first-order valence-corrected chi connectivity index (χ1v) is 5.63. The Labute approximate surface area is 102 Å². The lowest BCUT2D eigenvalue weighted by atomic mass is 10.2. The van der Waals surface area contributed by atoms with Crippen molar-refractivity contribution in [3.8, 4) is 0 Å². The number of alkyl carbamates (subject to hydrolysis) is 1. The third kappa shape index (κ3) is 11.0. The van der Waals surface area contributed by atoms with Crippen molar-refractivity contribution in [1.29, 1.82) is 0 Å². The molecule has 6 heteroatoms. The highest BCUT2D eigenvalue weighted by atomic mass is 16.6. The summed E-state index contributed by atoms with van der Waals surface area (Å²) in [6.07, 6.45) is -0.405. The minimum atomic E-state index is -0.842. The molecule has 0 saturated carbocycles. The van der Waals surface area contributed by atoms with Crippen molar-refractivity contribution >= 4 is 12.1 Å². The van der Waals surface area contributed by atoms with E-state index in [-0.39, 0.29) is 12.5 Å². The number of carbonyl (C=O) groups excluding carboxylic acids is 1. The summed E-state index contributed by atoms with van der Waals surface area (Å²) in [5.74, 6) is -0.842. The molecule has 0 aliphatic rings. The van der Waals surface area contributed by atoms with Gasteiger partial charge in [0.15, 0.2) is 0 Å². The highest BCUT2D eigenvalue weighted by Gasteiger charge is 2.15. The van der Waals surface area contributed by atoms with Crippen LogP contribution in [0.1, 0.15) is 34.1 Å². The molecule has 0 aliphatic heterocycles. The molecule has 0 radical (unpaired) electrons. The fraction of sp³-hybridized carbons (Fsp3) is 0.818. The molecule has 0 saturated heterocycles. The predicted octanol–water partition coefficient (Wildman–Crippen LogP) is 0.964. The molecule has 0 spiro atoms. The zero-order valence-electron chi connectivity index (χ0n) is 10.9. The molecule has 0 rings (SSSR count). The number of hydrogen-bond acceptors (Lipinski definition) is 4. The molecule has 17 heavy (non-hydrogen) atoms. The van der Waals surface area contributed by atoms with Crippen LogP contribution in [0.5, 0.6) is 0 Å². The van der Waals surface area contributed by atoms with Gasteiger partial charge in [-0.3, -0.25) is 4.79 Å². The van der Waals surface area contributed by atoms with Gasteiger partial charge in [-0.25, -0.2) is 4.79 Å². The van der Waals surface area contributed by atoms with Gasteiger partial charge in [-0.05, 0) is 27.7 Å². The van der Waals surface area contributed by atoms with Crippen molar-refractivity contribution in [3.63, 3.8) is 0 Å². The fourth-order valence-electron chi connectivity index (χ4n) is 1.13. The number of carboxylic acid groups (broad SMARTS) is 1. The molecule has 0 aliphatic carbocycles. The lowest BCUT2D eigenvalue weighted by molar-refractivity contribution is -0.137. The number of nitrogens with one attached hydrogen (secondary N) is 2. The summed E-state index contributed by atoms with van der Waals surface area (Å²) in [6.45, 7) is 8.06. The third-order valence-corrected chi connectivity index (χ3v) is 1.77. The third-order valence-electron chi connectivity index (χ3n) is 1.77. The van der Waals surface area contributed by atoms with E-state index in [0.717, 1.165) is 0 Å². The second-order valence-electron chi connectivity index (χ2n) is 4.88. The van der Waals surface area contributed by atoms with Gasteiger partial charge < -0.3 is 20.5 Å². The van der Waals surface area contributed by atoms with Gasteiger partial charge in [0.1, 0.15) is 5.60 Å². The average molecular weight is 246 g/mol. The van der Waals surface area contributed by atoms with E-state index >= 15 is 0 Å². The summed E-state index contributed by atoms with van der Waals surface area (Å²) < 4.78 is 5.04. The van der Waals surface area contributed by atoms with Gasteiger partial charge in [-0.2, -0.15) is 0 Å². The second-order valence-corrected chi connectivity index (χ2v) is 4.88. The summed E-state index contributed by atoms with van der Waals surface area (Å²) >= 11 is 0. The summed E-state index contributed by atoms with van der Waals surface area (Å²) in [6, 6.07) is -0.118. The van der Waals surface area contributed by atoms with Gasteiger partial charge in [0.2, 0.25) is 0 Å². The molecule has 1 unspecified atom stereocenters. The van der Waals surface area contributed by atoms with Crippen molar-refractivity contribution in [2.75, 3.05) is 13.1 Å². The molecule has 1 atom stereocenters. The maximum Gasteiger partial charge on any atom is 0.407 e. The first-order chi connectivity index (χ1) is 7.70. The monoisotopic (exact) mass is 246 g/mol. The van der Waals surface area contributed by atoms with Crippen LogP contribution in [0.4, 0.5) is 4.79 Å². The van der Waals surface area contributed by atoms with Crippen LogP contribution < -0.4 is 10.6 Å². The van der Waals surface area contributed by atoms with Gasteiger partial charge >= 0.3 is 12.1 Å². The van der Waals surface area contributed by atoms with Crippen molar-refractivity contribution in [2.45, 2.75) is 45.8 Å². The molecular formula is C11H22N2O4. The van der Waals surface area contributed by atoms with E-state index in [9.17, 15) is 9.59 Å². The minimum absolute atomic E-state index is 0.0619. The van der Waals surface area contributed by atoms with E-state index in [1.807, 2.05) is 0 Å². The zero-order valence-corrected chi connectivity index (χ0v) is 10.9. The smallest absolute Gasteiger partial charge is 0.407 e. The molecule has 3 N–H and O–H groups in total. The summed E-state index contributed by atoms with van der Waals surface area (Å²) in [5.41, 5.74) is -0.506. The van der Waals surface area contributed by atoms with Crippen LogP contribution in [0.3, 0.4) is 0 Å². The zero-order chi connectivity index (χ0) is 13.5. The Morgan fingerprint density at radius 1 is 1.29 bits per heavy atom. The maximum atomic E-state index is 11.2. The van der Waals surface area contributed by atoms with Crippen molar-refractivity contribution in [1.82, 2.24) is 10.6 Å². The van der Waals surface area contributed by atoms with Gasteiger partial charge in [0.05, 0.1) is 6.42 Å². The van der Waals surface area contributed by atoms with E-state index in [4.69, 9.17) is 9.84 Å². The van der Waals surface area contributed by atoms with Crippen molar-refractivity contribution in [2.24, 2.45) is 0 Å². The van der Waals surface area contributed by atoms with E-state index in [0.29, 0.717) is 13.1 Å². The Morgan fingerprint density at radius 3 is 2.35 bits per heavy atom. The molecule has 0 aromatic heterocycles. The SMILES string of the molecule is CC(CC(=O)O)NCCNC(=O)OC(C)(C)C. The molecule has 0 bridgehead atoms. The summed E-state index contributed by atoms with van der Waals surface area (Å²) in [7, 11) is 0. The fourth-order valence-corrected chi connectivity index (χ4v) is 1.13. The lowest BCUT2D eigenvalue weighted by Gasteiger charge is -2.20. The summed E-state index contributed by atoms with van der Waals surface area (Å²) in [5, 5.41) is 14.1. The number of hydrogen-bond donors (Lipinski definition) is 3. The second kappa shape index (κ2) is 7.11. The lowest BCUT2D eigenvalue weighted by Crippen LogP contribution is -2.39. The maximum absolute atomic E-state index is 11.2. The summed E-state index contributed by atoms with van der Waals surface area (Å²) in [4.78, 5) is 21.6. The van der Waals surface area contributed by atoms with Crippen LogP contribution in [-0.2, 0) is 9.53 Å². The molecule has 0 aromatic rings. The largest absolute Gasteiger partial charge is 0.481 e. The molecule has 6 nitrogen and oxygen atoms in total. The van der Waals surface area contributed by atoms with Crippen LogP contribution >= 0.6 is 0 Å². The van der Waals surface area contributed by atoms with E-state index in [1.54, 1.807) is 27.7 Å². The van der Waals surface area contributed by atoms with Crippen LogP contribution in [0.15, 0.2) is 0 Å². The molecule has 0 heterocycles. The van der Waals surface area contributed by atoms with Gasteiger partial charge in [0.25, 0.3) is 0 Å². The normalized spacial score (nSPS) is 12.9. The Hall–Kier alpha value is -1.30. The number of carboxylic acids is 1. The minimum Gasteiger partial charge on any atom is -0.481 e. The number of rotatable bonds is 6. The van der Waals surface area contributed by atoms with Crippen LogP contribution in [0.25, 0.3) is 0 Å². The van der Waals surface area contributed by atoms with Crippen molar-refractivity contribution < 1.29 is 19.4 Å². The Balaban J connectivity index is 3.58. The van der Waals surface area contributed by atoms with Gasteiger partial charge in [0, 0.05) is 19.1 Å². The first-order valence-electron chi connectivity index (χ1n) is 5.63.